The van der Waals surface area contributed by atoms with Crippen LogP contribution in [0, 0.1) is 6.42 Å². The molecule has 0 bridgehead atoms. The summed E-state index contributed by atoms with van der Waals surface area (Å²) in [6, 6.07) is 5.75. The standard InChI is InChI=1S/C18H13ClN5/c19-15-7-16-14(10-23-18(16)24-11-15)5-13-8-21-17(22-9-13)6-12-1-3-20-4-2-12/h1-4,6-11H,5H2,(H,23,24). The van der Waals surface area contributed by atoms with Crippen LogP contribution in [0.3, 0.4) is 0 Å². The molecule has 0 spiro atoms. The summed E-state index contributed by atoms with van der Waals surface area (Å²) in [6.45, 7) is 0. The highest BCUT2D eigenvalue weighted by atomic mass is 35.5. The Labute approximate surface area is 143 Å². The minimum absolute atomic E-state index is 0.627. The second kappa shape index (κ2) is 6.37. The van der Waals surface area contributed by atoms with Gasteiger partial charge in [0.2, 0.25) is 0 Å². The summed E-state index contributed by atoms with van der Waals surface area (Å²) < 4.78 is 0. The molecule has 0 fully saturated rings. The first-order valence-electron chi connectivity index (χ1n) is 7.45. The highest BCUT2D eigenvalue weighted by Gasteiger charge is 2.07. The molecule has 4 rings (SSSR count). The smallest absolute Gasteiger partial charge is 0.137 e. The number of fused-ring (bicyclic) bond motifs is 1. The summed E-state index contributed by atoms with van der Waals surface area (Å²) >= 11 is 6.04. The second-order valence-corrected chi connectivity index (χ2v) is 5.85. The molecule has 5 nitrogen and oxygen atoms in total. The molecule has 1 radical (unpaired) electrons. The lowest BCUT2D eigenvalue weighted by atomic mass is 10.1. The molecule has 6 heteroatoms. The molecule has 0 aliphatic heterocycles. The first kappa shape index (κ1) is 14.8. The van der Waals surface area contributed by atoms with Crippen LogP contribution in [0.2, 0.25) is 5.02 Å². The Morgan fingerprint density at radius 2 is 1.83 bits per heavy atom. The molecule has 4 aromatic rings. The maximum Gasteiger partial charge on any atom is 0.137 e. The second-order valence-electron chi connectivity index (χ2n) is 5.41. The molecule has 1 N–H and O–H groups in total. The fourth-order valence-corrected chi connectivity index (χ4v) is 2.70. The first-order valence-corrected chi connectivity index (χ1v) is 7.83. The van der Waals surface area contributed by atoms with Crippen molar-refractivity contribution >= 4 is 22.6 Å². The number of rotatable bonds is 4. The third-order valence-electron chi connectivity index (χ3n) is 3.71. The SMILES string of the molecule is Clc1cnc2[nH]cc(Cc3cnc([CH]c4ccncc4)nc3)c2c1. The van der Waals surface area contributed by atoms with E-state index >= 15 is 0 Å². The van der Waals surface area contributed by atoms with Crippen LogP contribution in [-0.4, -0.2) is 24.9 Å². The van der Waals surface area contributed by atoms with Crippen molar-refractivity contribution in [2.24, 2.45) is 0 Å². The van der Waals surface area contributed by atoms with Crippen molar-refractivity contribution in [1.82, 2.24) is 24.9 Å². The highest BCUT2D eigenvalue weighted by Crippen LogP contribution is 2.22. The fraction of sp³-hybridized carbons (Fsp3) is 0.0556. The van der Waals surface area contributed by atoms with Crippen molar-refractivity contribution in [3.63, 3.8) is 0 Å². The van der Waals surface area contributed by atoms with Gasteiger partial charge in [0.25, 0.3) is 0 Å². The van der Waals surface area contributed by atoms with Gasteiger partial charge in [-0.15, -0.1) is 0 Å². The first-order chi connectivity index (χ1) is 11.8. The zero-order chi connectivity index (χ0) is 16.4. The van der Waals surface area contributed by atoms with Crippen LogP contribution in [0.5, 0.6) is 0 Å². The average Bonchev–Trinajstić information content (AvgIpc) is 3.00. The van der Waals surface area contributed by atoms with Crippen LogP contribution in [0.25, 0.3) is 11.0 Å². The van der Waals surface area contributed by atoms with Crippen LogP contribution in [0.4, 0.5) is 0 Å². The van der Waals surface area contributed by atoms with Crippen molar-refractivity contribution in [3.05, 3.63) is 89.3 Å². The van der Waals surface area contributed by atoms with E-state index in [9.17, 15) is 0 Å². The molecule has 0 aromatic carbocycles. The van der Waals surface area contributed by atoms with Gasteiger partial charge in [0.1, 0.15) is 11.5 Å². The van der Waals surface area contributed by atoms with Crippen molar-refractivity contribution in [3.8, 4) is 0 Å². The van der Waals surface area contributed by atoms with Crippen molar-refractivity contribution in [2.45, 2.75) is 6.42 Å². The largest absolute Gasteiger partial charge is 0.346 e. The lowest BCUT2D eigenvalue weighted by Crippen LogP contribution is -1.97. The molecule has 4 aromatic heterocycles. The lowest BCUT2D eigenvalue weighted by Gasteiger charge is -2.03. The highest BCUT2D eigenvalue weighted by molar-refractivity contribution is 6.31. The third-order valence-corrected chi connectivity index (χ3v) is 3.91. The van der Waals surface area contributed by atoms with Crippen LogP contribution in [0.15, 0.2) is 55.4 Å². The summed E-state index contributed by atoms with van der Waals surface area (Å²) in [6.07, 6.45) is 13.4. The normalized spacial score (nSPS) is 11.0. The molecule has 0 atom stereocenters. The van der Waals surface area contributed by atoms with Gasteiger partial charge in [-0.3, -0.25) is 4.98 Å². The Kier molecular flexibility index (Phi) is 3.92. The average molecular weight is 335 g/mol. The van der Waals surface area contributed by atoms with Crippen LogP contribution < -0.4 is 0 Å². The number of pyridine rings is 2. The Morgan fingerprint density at radius 3 is 2.62 bits per heavy atom. The van der Waals surface area contributed by atoms with E-state index in [1.165, 1.54) is 0 Å². The molecule has 117 valence electrons. The van der Waals surface area contributed by atoms with Crippen molar-refractivity contribution in [1.29, 1.82) is 0 Å². The number of nitrogens with one attached hydrogen (secondary N) is 1. The minimum atomic E-state index is 0.627. The van der Waals surface area contributed by atoms with Gasteiger partial charge in [0.05, 0.1) is 11.4 Å². The molecular formula is C18H13ClN5. The zero-order valence-corrected chi connectivity index (χ0v) is 13.4. The molecule has 4 heterocycles. The zero-order valence-electron chi connectivity index (χ0n) is 12.6. The maximum atomic E-state index is 6.04. The number of hydrogen-bond acceptors (Lipinski definition) is 4. The molecule has 0 saturated carbocycles. The van der Waals surface area contributed by atoms with E-state index in [-0.39, 0.29) is 0 Å². The number of halogens is 1. The molecule has 0 unspecified atom stereocenters. The molecule has 0 aliphatic carbocycles. The summed E-state index contributed by atoms with van der Waals surface area (Å²) in [5.41, 5.74) is 4.00. The predicted octanol–water partition coefficient (Wildman–Crippen LogP) is 3.59. The molecule has 0 saturated heterocycles. The van der Waals surface area contributed by atoms with Crippen molar-refractivity contribution < 1.29 is 0 Å². The van der Waals surface area contributed by atoms with E-state index in [1.54, 1.807) is 18.6 Å². The van der Waals surface area contributed by atoms with E-state index in [0.29, 0.717) is 10.8 Å². The van der Waals surface area contributed by atoms with Gasteiger partial charge < -0.3 is 4.98 Å². The Balaban J connectivity index is 1.53. The van der Waals surface area contributed by atoms with Gasteiger partial charge >= 0.3 is 0 Å². The van der Waals surface area contributed by atoms with Gasteiger partial charge in [0.15, 0.2) is 0 Å². The number of H-pyrrole nitrogens is 1. The van der Waals surface area contributed by atoms with E-state index in [0.717, 1.165) is 34.1 Å². The van der Waals surface area contributed by atoms with Crippen molar-refractivity contribution in [2.75, 3.05) is 0 Å². The van der Waals surface area contributed by atoms with E-state index < -0.39 is 0 Å². The van der Waals surface area contributed by atoms with Crippen LogP contribution in [-0.2, 0) is 6.42 Å². The fourth-order valence-electron chi connectivity index (χ4n) is 2.54. The van der Waals surface area contributed by atoms with Gasteiger partial charge in [-0.1, -0.05) is 11.6 Å². The van der Waals surface area contributed by atoms with Crippen LogP contribution in [0.1, 0.15) is 22.5 Å². The van der Waals surface area contributed by atoms with E-state index in [1.807, 2.05) is 43.2 Å². The Hall–Kier alpha value is -2.79. The summed E-state index contributed by atoms with van der Waals surface area (Å²) in [5.74, 6) is 0.675. The van der Waals surface area contributed by atoms with Crippen LogP contribution >= 0.6 is 11.6 Å². The topological polar surface area (TPSA) is 67.3 Å². The van der Waals surface area contributed by atoms with Gasteiger partial charge in [0, 0.05) is 49.0 Å². The number of hydrogen-bond donors (Lipinski definition) is 1. The number of aromatic amines is 1. The van der Waals surface area contributed by atoms with Gasteiger partial charge in [-0.05, 0) is 34.9 Å². The summed E-state index contributed by atoms with van der Waals surface area (Å²) in [5, 5.41) is 1.65. The predicted molar refractivity (Wildman–Crippen MR) is 92.7 cm³/mol. The number of aromatic nitrogens is 5. The summed E-state index contributed by atoms with van der Waals surface area (Å²) in [7, 11) is 0. The van der Waals surface area contributed by atoms with Gasteiger partial charge in [-0.2, -0.15) is 0 Å². The molecular weight excluding hydrogens is 322 g/mol. The molecule has 0 aliphatic rings. The lowest BCUT2D eigenvalue weighted by molar-refractivity contribution is 1.02. The summed E-state index contributed by atoms with van der Waals surface area (Å²) in [4.78, 5) is 20.3. The van der Waals surface area contributed by atoms with E-state index in [2.05, 4.69) is 24.9 Å². The van der Waals surface area contributed by atoms with E-state index in [4.69, 9.17) is 11.6 Å². The number of nitrogens with zero attached hydrogens (tertiary/aromatic N) is 4. The molecule has 24 heavy (non-hydrogen) atoms. The van der Waals surface area contributed by atoms with Gasteiger partial charge in [-0.25, -0.2) is 15.0 Å². The quantitative estimate of drug-likeness (QED) is 0.619. The molecule has 0 amide bonds. The maximum absolute atomic E-state index is 6.04. The third kappa shape index (κ3) is 3.12. The minimum Gasteiger partial charge on any atom is -0.346 e. The Morgan fingerprint density at radius 1 is 1.04 bits per heavy atom. The monoisotopic (exact) mass is 334 g/mol. The Bertz CT molecular complexity index is 964.